The third-order valence-corrected chi connectivity index (χ3v) is 6.58. The first kappa shape index (κ1) is 23.2. The average Bonchev–Trinajstić information content (AvgIpc) is 2.60. The van der Waals surface area contributed by atoms with E-state index >= 15 is 0 Å². The van der Waals surface area contributed by atoms with Crippen LogP contribution in [0.1, 0.15) is 28.7 Å². The van der Waals surface area contributed by atoms with E-state index in [1.54, 1.807) is 46.2 Å². The second kappa shape index (κ2) is 9.61. The maximum absolute atomic E-state index is 12.7. The zero-order valence-electron chi connectivity index (χ0n) is 17.4. The summed E-state index contributed by atoms with van der Waals surface area (Å²) >= 11 is 6.03. The lowest BCUT2D eigenvalue weighted by Gasteiger charge is -2.19. The van der Waals surface area contributed by atoms with Crippen LogP contribution in [0.25, 0.3) is 0 Å². The molecule has 0 spiro atoms. The van der Waals surface area contributed by atoms with Crippen molar-refractivity contribution in [1.82, 2.24) is 9.62 Å². The first-order chi connectivity index (χ1) is 13.5. The number of carbonyl (C=O) groups is 1. The number of ether oxygens (including phenoxy) is 1. The predicted octanol–water partition coefficient (Wildman–Crippen LogP) is 3.60. The highest BCUT2D eigenvalue weighted by Crippen LogP contribution is 2.24. The van der Waals surface area contributed by atoms with Gasteiger partial charge >= 0.3 is 0 Å². The van der Waals surface area contributed by atoms with E-state index in [2.05, 4.69) is 4.72 Å². The third-order valence-electron chi connectivity index (χ3n) is 4.58. The van der Waals surface area contributed by atoms with E-state index in [4.69, 9.17) is 16.3 Å². The van der Waals surface area contributed by atoms with Crippen LogP contribution in [-0.4, -0.2) is 39.9 Å². The molecule has 0 unspecified atom stereocenters. The van der Waals surface area contributed by atoms with Crippen molar-refractivity contribution in [2.75, 3.05) is 20.7 Å². The van der Waals surface area contributed by atoms with E-state index in [9.17, 15) is 13.2 Å². The molecular formula is C21H27ClN2O4S. The van der Waals surface area contributed by atoms with Gasteiger partial charge in [0.1, 0.15) is 5.75 Å². The Kier molecular flexibility index (Phi) is 7.68. The average molecular weight is 439 g/mol. The van der Waals surface area contributed by atoms with Crippen LogP contribution in [0.15, 0.2) is 35.2 Å². The molecule has 2 aromatic rings. The summed E-state index contributed by atoms with van der Waals surface area (Å²) in [7, 11) is -0.481. The Balaban J connectivity index is 2.00. The first-order valence-electron chi connectivity index (χ1n) is 9.19. The normalized spacial score (nSPS) is 11.4. The molecule has 158 valence electrons. The molecule has 0 aromatic heterocycles. The number of rotatable bonds is 8. The number of nitrogens with zero attached hydrogens (tertiary/aromatic N) is 1. The molecule has 0 aliphatic heterocycles. The monoisotopic (exact) mass is 438 g/mol. The second-order valence-electron chi connectivity index (χ2n) is 7.08. The summed E-state index contributed by atoms with van der Waals surface area (Å²) in [6.07, 6.45) is 0.0442. The van der Waals surface area contributed by atoms with E-state index < -0.39 is 10.0 Å². The Labute approximate surface area is 177 Å². The Morgan fingerprint density at radius 3 is 2.34 bits per heavy atom. The van der Waals surface area contributed by atoms with Crippen molar-refractivity contribution in [2.24, 2.45) is 0 Å². The van der Waals surface area contributed by atoms with Gasteiger partial charge in [-0.25, -0.2) is 13.1 Å². The fraction of sp³-hybridized carbons (Fsp3) is 0.381. The highest BCUT2D eigenvalue weighted by Gasteiger charge is 2.20. The van der Waals surface area contributed by atoms with E-state index in [1.807, 2.05) is 19.1 Å². The lowest BCUT2D eigenvalue weighted by atomic mass is 10.1. The van der Waals surface area contributed by atoms with E-state index in [-0.39, 0.29) is 23.8 Å². The van der Waals surface area contributed by atoms with Crippen molar-refractivity contribution in [3.8, 4) is 5.75 Å². The quantitative estimate of drug-likeness (QED) is 0.683. The molecule has 29 heavy (non-hydrogen) atoms. The zero-order valence-corrected chi connectivity index (χ0v) is 18.9. The van der Waals surface area contributed by atoms with Crippen molar-refractivity contribution >= 4 is 27.5 Å². The van der Waals surface area contributed by atoms with Gasteiger partial charge in [0.15, 0.2) is 0 Å². The lowest BCUT2D eigenvalue weighted by molar-refractivity contribution is -0.130. The van der Waals surface area contributed by atoms with Crippen LogP contribution in [0.5, 0.6) is 5.75 Å². The summed E-state index contributed by atoms with van der Waals surface area (Å²) in [5.41, 5.74) is 3.16. The number of sulfonamides is 1. The summed E-state index contributed by atoms with van der Waals surface area (Å²) in [4.78, 5) is 14.2. The summed E-state index contributed by atoms with van der Waals surface area (Å²) < 4.78 is 33.2. The molecule has 0 saturated carbocycles. The largest absolute Gasteiger partial charge is 0.496 e. The molecule has 6 nitrogen and oxygen atoms in total. The number of halogens is 1. The summed E-state index contributed by atoms with van der Waals surface area (Å²) in [6, 6.07) is 8.87. The number of hydrogen-bond donors (Lipinski definition) is 1. The van der Waals surface area contributed by atoms with Gasteiger partial charge in [0.05, 0.1) is 12.0 Å². The van der Waals surface area contributed by atoms with Gasteiger partial charge < -0.3 is 9.64 Å². The van der Waals surface area contributed by atoms with Gasteiger partial charge in [0.2, 0.25) is 15.9 Å². The molecule has 0 heterocycles. The minimum absolute atomic E-state index is 0.0188. The second-order valence-corrected chi connectivity index (χ2v) is 9.22. The summed E-state index contributed by atoms with van der Waals surface area (Å²) in [5, 5.41) is 0.554. The predicted molar refractivity (Wildman–Crippen MR) is 115 cm³/mol. The molecule has 0 aliphatic rings. The Morgan fingerprint density at radius 2 is 1.76 bits per heavy atom. The molecule has 2 rings (SSSR count). The molecule has 0 fully saturated rings. The molecule has 0 bridgehead atoms. The SMILES string of the molecule is COc1ccc(Cl)cc1CN(C)C(=O)CCNS(=O)(=O)c1c(C)cc(C)cc1C. The van der Waals surface area contributed by atoms with Crippen LogP contribution in [0, 0.1) is 20.8 Å². The Hall–Kier alpha value is -2.09. The highest BCUT2D eigenvalue weighted by molar-refractivity contribution is 7.89. The fourth-order valence-corrected chi connectivity index (χ4v) is 5.04. The van der Waals surface area contributed by atoms with Gasteiger partial charge in [-0.1, -0.05) is 29.3 Å². The van der Waals surface area contributed by atoms with Crippen LogP contribution in [0.2, 0.25) is 5.02 Å². The van der Waals surface area contributed by atoms with Crippen LogP contribution in [0.4, 0.5) is 0 Å². The number of carbonyl (C=O) groups excluding carboxylic acids is 1. The molecule has 0 saturated heterocycles. The topological polar surface area (TPSA) is 75.7 Å². The Bertz CT molecular complexity index is 983. The highest BCUT2D eigenvalue weighted by atomic mass is 35.5. The fourth-order valence-electron chi connectivity index (χ4n) is 3.36. The van der Waals surface area contributed by atoms with Crippen LogP contribution >= 0.6 is 11.6 Å². The Morgan fingerprint density at radius 1 is 1.14 bits per heavy atom. The van der Waals surface area contributed by atoms with Gasteiger partial charge in [-0.15, -0.1) is 0 Å². The van der Waals surface area contributed by atoms with Crippen LogP contribution < -0.4 is 9.46 Å². The van der Waals surface area contributed by atoms with Gasteiger partial charge in [-0.2, -0.15) is 0 Å². The van der Waals surface area contributed by atoms with Gasteiger partial charge in [-0.3, -0.25) is 4.79 Å². The summed E-state index contributed by atoms with van der Waals surface area (Å²) in [5.74, 6) is 0.451. The molecule has 0 aliphatic carbocycles. The number of amides is 1. The van der Waals surface area contributed by atoms with E-state index in [0.717, 1.165) is 11.1 Å². The van der Waals surface area contributed by atoms with Crippen LogP contribution in [0.3, 0.4) is 0 Å². The first-order valence-corrected chi connectivity index (χ1v) is 11.0. The maximum Gasteiger partial charge on any atom is 0.241 e. The minimum Gasteiger partial charge on any atom is -0.496 e. The number of nitrogens with one attached hydrogen (secondary N) is 1. The molecule has 1 N–H and O–H groups in total. The minimum atomic E-state index is -3.69. The molecule has 0 atom stereocenters. The van der Waals surface area contributed by atoms with Gasteiger partial charge in [0, 0.05) is 37.1 Å². The van der Waals surface area contributed by atoms with Crippen molar-refractivity contribution in [3.63, 3.8) is 0 Å². The van der Waals surface area contributed by atoms with Gasteiger partial charge in [-0.05, 0) is 50.1 Å². The molecule has 8 heteroatoms. The lowest BCUT2D eigenvalue weighted by Crippen LogP contribution is -2.32. The van der Waals surface area contributed by atoms with Crippen molar-refractivity contribution in [1.29, 1.82) is 0 Å². The standard InChI is InChI=1S/C21H27ClN2O4S/c1-14-10-15(2)21(16(3)11-14)29(26,27)23-9-8-20(25)24(4)13-17-12-18(22)6-7-19(17)28-5/h6-7,10-12,23H,8-9,13H2,1-5H3. The third kappa shape index (κ3) is 5.95. The molecular weight excluding hydrogens is 412 g/mol. The smallest absolute Gasteiger partial charge is 0.241 e. The number of methoxy groups -OCH3 is 1. The molecule has 1 amide bonds. The number of benzene rings is 2. The number of hydrogen-bond acceptors (Lipinski definition) is 4. The molecule has 2 aromatic carbocycles. The summed E-state index contributed by atoms with van der Waals surface area (Å²) in [6.45, 7) is 5.79. The number of aryl methyl sites for hydroxylation is 3. The van der Waals surface area contributed by atoms with E-state index in [0.29, 0.717) is 28.4 Å². The zero-order chi connectivity index (χ0) is 21.8. The van der Waals surface area contributed by atoms with Crippen molar-refractivity contribution in [3.05, 3.63) is 57.6 Å². The molecule has 0 radical (unpaired) electrons. The van der Waals surface area contributed by atoms with Crippen LogP contribution in [-0.2, 0) is 21.4 Å². The maximum atomic E-state index is 12.7. The van der Waals surface area contributed by atoms with Crippen molar-refractivity contribution < 1.29 is 17.9 Å². The van der Waals surface area contributed by atoms with Crippen molar-refractivity contribution in [2.45, 2.75) is 38.6 Å². The van der Waals surface area contributed by atoms with E-state index in [1.165, 1.54) is 4.90 Å². The van der Waals surface area contributed by atoms with Gasteiger partial charge in [0.25, 0.3) is 0 Å².